The molecule has 0 heterocycles. The Kier molecular flexibility index (Phi) is 5.36. The van der Waals surface area contributed by atoms with Crippen LogP contribution in [0.4, 0.5) is 16.2 Å². The van der Waals surface area contributed by atoms with Gasteiger partial charge in [-0.05, 0) is 38.5 Å². The van der Waals surface area contributed by atoms with Crippen LogP contribution in [0.3, 0.4) is 0 Å². The molecule has 0 atom stereocenters. The standard InChI is InChI=1S/C14H21N3O2/c1-5-13(18)16-11-7-6-10(4)12(8-11)17-14(19)15-9(2)3/h6-9H,5H2,1-4H3,(H,16,18)(H2,15,17,19). The van der Waals surface area contributed by atoms with E-state index in [4.69, 9.17) is 0 Å². The van der Waals surface area contributed by atoms with Gasteiger partial charge in [0.25, 0.3) is 0 Å². The summed E-state index contributed by atoms with van der Waals surface area (Å²) in [7, 11) is 0. The highest BCUT2D eigenvalue weighted by atomic mass is 16.2. The Bertz CT molecular complexity index is 470. The number of rotatable bonds is 4. The lowest BCUT2D eigenvalue weighted by Crippen LogP contribution is -2.34. The third-order valence-corrected chi connectivity index (χ3v) is 2.51. The molecule has 1 rings (SSSR count). The molecule has 0 aliphatic heterocycles. The van der Waals surface area contributed by atoms with Gasteiger partial charge in [-0.2, -0.15) is 0 Å². The lowest BCUT2D eigenvalue weighted by atomic mass is 10.1. The number of hydrogen-bond donors (Lipinski definition) is 3. The summed E-state index contributed by atoms with van der Waals surface area (Å²) in [5.74, 6) is -0.0542. The number of carbonyl (C=O) groups is 2. The van der Waals surface area contributed by atoms with Crippen molar-refractivity contribution in [2.45, 2.75) is 40.2 Å². The lowest BCUT2D eigenvalue weighted by Gasteiger charge is -2.13. The van der Waals surface area contributed by atoms with E-state index in [0.717, 1.165) is 5.56 Å². The van der Waals surface area contributed by atoms with Gasteiger partial charge in [0.1, 0.15) is 0 Å². The van der Waals surface area contributed by atoms with Crippen LogP contribution in [0, 0.1) is 6.92 Å². The molecule has 0 aliphatic rings. The Hall–Kier alpha value is -2.04. The highest BCUT2D eigenvalue weighted by Gasteiger charge is 2.07. The minimum atomic E-state index is -0.253. The fourth-order valence-corrected chi connectivity index (χ4v) is 1.50. The average molecular weight is 263 g/mol. The molecule has 0 aliphatic carbocycles. The van der Waals surface area contributed by atoms with Crippen molar-refractivity contribution in [3.63, 3.8) is 0 Å². The van der Waals surface area contributed by atoms with E-state index in [0.29, 0.717) is 17.8 Å². The summed E-state index contributed by atoms with van der Waals surface area (Å²) < 4.78 is 0. The molecule has 5 heteroatoms. The summed E-state index contributed by atoms with van der Waals surface area (Å²) in [6, 6.07) is 5.24. The molecular weight excluding hydrogens is 242 g/mol. The van der Waals surface area contributed by atoms with Crippen molar-refractivity contribution >= 4 is 23.3 Å². The van der Waals surface area contributed by atoms with E-state index >= 15 is 0 Å². The molecule has 104 valence electrons. The number of hydrogen-bond acceptors (Lipinski definition) is 2. The van der Waals surface area contributed by atoms with Crippen molar-refractivity contribution < 1.29 is 9.59 Å². The zero-order chi connectivity index (χ0) is 14.4. The number of urea groups is 1. The van der Waals surface area contributed by atoms with Crippen molar-refractivity contribution in [2.75, 3.05) is 10.6 Å². The Morgan fingerprint density at radius 2 is 1.89 bits per heavy atom. The minimum absolute atomic E-state index is 0.0542. The van der Waals surface area contributed by atoms with Gasteiger partial charge in [0, 0.05) is 23.8 Å². The number of aryl methyl sites for hydroxylation is 1. The van der Waals surface area contributed by atoms with Gasteiger partial charge < -0.3 is 16.0 Å². The van der Waals surface area contributed by atoms with Gasteiger partial charge in [-0.15, -0.1) is 0 Å². The topological polar surface area (TPSA) is 70.2 Å². The smallest absolute Gasteiger partial charge is 0.319 e. The first-order valence-electron chi connectivity index (χ1n) is 6.40. The monoisotopic (exact) mass is 263 g/mol. The van der Waals surface area contributed by atoms with E-state index in [1.807, 2.05) is 32.9 Å². The molecule has 3 N–H and O–H groups in total. The summed E-state index contributed by atoms with van der Waals surface area (Å²) in [6.07, 6.45) is 0.421. The third kappa shape index (κ3) is 4.99. The fourth-order valence-electron chi connectivity index (χ4n) is 1.50. The van der Waals surface area contributed by atoms with E-state index in [2.05, 4.69) is 16.0 Å². The Labute approximate surface area is 113 Å². The van der Waals surface area contributed by atoms with Gasteiger partial charge in [0.05, 0.1) is 0 Å². The normalized spacial score (nSPS) is 10.2. The van der Waals surface area contributed by atoms with Crippen molar-refractivity contribution in [2.24, 2.45) is 0 Å². The van der Waals surface area contributed by atoms with Gasteiger partial charge in [-0.25, -0.2) is 4.79 Å². The van der Waals surface area contributed by atoms with Gasteiger partial charge in [0.2, 0.25) is 5.91 Å². The predicted molar refractivity (Wildman–Crippen MR) is 77.4 cm³/mol. The van der Waals surface area contributed by atoms with Crippen LogP contribution in [-0.2, 0) is 4.79 Å². The largest absolute Gasteiger partial charge is 0.336 e. The third-order valence-electron chi connectivity index (χ3n) is 2.51. The van der Waals surface area contributed by atoms with Crippen LogP contribution in [0.1, 0.15) is 32.8 Å². The number of benzene rings is 1. The van der Waals surface area contributed by atoms with Crippen molar-refractivity contribution in [1.82, 2.24) is 5.32 Å². The quantitative estimate of drug-likeness (QED) is 0.781. The summed E-state index contributed by atoms with van der Waals surface area (Å²) >= 11 is 0. The molecule has 1 aromatic rings. The lowest BCUT2D eigenvalue weighted by molar-refractivity contribution is -0.115. The first-order valence-corrected chi connectivity index (χ1v) is 6.40. The molecule has 0 saturated heterocycles. The average Bonchev–Trinajstić information content (AvgIpc) is 2.32. The Balaban J connectivity index is 2.79. The van der Waals surface area contributed by atoms with E-state index in [1.54, 1.807) is 13.0 Å². The summed E-state index contributed by atoms with van der Waals surface area (Å²) in [5, 5.41) is 8.29. The van der Waals surface area contributed by atoms with Crippen LogP contribution >= 0.6 is 0 Å². The van der Waals surface area contributed by atoms with Crippen LogP contribution in [0.5, 0.6) is 0 Å². The molecular formula is C14H21N3O2. The molecule has 19 heavy (non-hydrogen) atoms. The Morgan fingerprint density at radius 3 is 2.47 bits per heavy atom. The van der Waals surface area contributed by atoms with Crippen molar-refractivity contribution in [3.05, 3.63) is 23.8 Å². The molecule has 5 nitrogen and oxygen atoms in total. The molecule has 0 radical (unpaired) electrons. The van der Waals surface area contributed by atoms with Crippen LogP contribution in [-0.4, -0.2) is 18.0 Å². The zero-order valence-corrected chi connectivity index (χ0v) is 11.8. The first kappa shape index (κ1) is 15.0. The maximum absolute atomic E-state index is 11.7. The second-order valence-electron chi connectivity index (χ2n) is 4.68. The number of carbonyl (C=O) groups excluding carboxylic acids is 2. The molecule has 0 unspecified atom stereocenters. The number of nitrogens with one attached hydrogen (secondary N) is 3. The van der Waals surface area contributed by atoms with E-state index < -0.39 is 0 Å². The second kappa shape index (κ2) is 6.78. The first-order chi connectivity index (χ1) is 8.92. The summed E-state index contributed by atoms with van der Waals surface area (Å²) in [6.45, 7) is 7.48. The predicted octanol–water partition coefficient (Wildman–Crippen LogP) is 2.87. The number of amides is 3. The molecule has 0 saturated carbocycles. The van der Waals surface area contributed by atoms with Crippen molar-refractivity contribution in [1.29, 1.82) is 0 Å². The molecule has 0 fully saturated rings. The van der Waals surface area contributed by atoms with E-state index in [9.17, 15) is 9.59 Å². The maximum Gasteiger partial charge on any atom is 0.319 e. The molecule has 0 bridgehead atoms. The fraction of sp³-hybridized carbons (Fsp3) is 0.429. The van der Waals surface area contributed by atoms with Crippen LogP contribution in [0.2, 0.25) is 0 Å². The van der Waals surface area contributed by atoms with Crippen LogP contribution < -0.4 is 16.0 Å². The molecule has 0 aromatic heterocycles. The van der Waals surface area contributed by atoms with Crippen LogP contribution in [0.15, 0.2) is 18.2 Å². The zero-order valence-electron chi connectivity index (χ0n) is 11.8. The molecule has 3 amide bonds. The highest BCUT2D eigenvalue weighted by molar-refractivity contribution is 5.94. The van der Waals surface area contributed by atoms with Gasteiger partial charge in [-0.1, -0.05) is 13.0 Å². The minimum Gasteiger partial charge on any atom is -0.336 e. The Morgan fingerprint density at radius 1 is 1.21 bits per heavy atom. The van der Waals surface area contributed by atoms with Crippen LogP contribution in [0.25, 0.3) is 0 Å². The van der Waals surface area contributed by atoms with E-state index in [1.165, 1.54) is 0 Å². The maximum atomic E-state index is 11.7. The summed E-state index contributed by atoms with van der Waals surface area (Å²) in [5.41, 5.74) is 2.30. The second-order valence-corrected chi connectivity index (χ2v) is 4.68. The van der Waals surface area contributed by atoms with Crippen molar-refractivity contribution in [3.8, 4) is 0 Å². The van der Waals surface area contributed by atoms with Gasteiger partial charge in [-0.3, -0.25) is 4.79 Å². The van der Waals surface area contributed by atoms with Gasteiger partial charge >= 0.3 is 6.03 Å². The molecule has 0 spiro atoms. The number of anilines is 2. The van der Waals surface area contributed by atoms with E-state index in [-0.39, 0.29) is 18.0 Å². The molecule has 1 aromatic carbocycles. The highest BCUT2D eigenvalue weighted by Crippen LogP contribution is 2.20. The summed E-state index contributed by atoms with van der Waals surface area (Å²) in [4.78, 5) is 23.0. The SMILES string of the molecule is CCC(=O)Nc1ccc(C)c(NC(=O)NC(C)C)c1. The van der Waals surface area contributed by atoms with Gasteiger partial charge in [0.15, 0.2) is 0 Å².